The normalized spacial score (nSPS) is 11.7. The summed E-state index contributed by atoms with van der Waals surface area (Å²) in [5.41, 5.74) is 2.23. The van der Waals surface area contributed by atoms with Crippen LogP contribution in [0.15, 0.2) is 24.3 Å². The third-order valence-corrected chi connectivity index (χ3v) is 4.10. The molecule has 0 unspecified atom stereocenters. The number of esters is 1. The molecule has 0 spiro atoms. The third-order valence-electron chi connectivity index (χ3n) is 4.10. The van der Waals surface area contributed by atoms with Gasteiger partial charge in [0.15, 0.2) is 11.9 Å². The average molecular weight is 357 g/mol. The molecule has 0 aliphatic heterocycles. The predicted octanol–water partition coefficient (Wildman–Crippen LogP) is 3.66. The summed E-state index contributed by atoms with van der Waals surface area (Å²) in [6.07, 6.45) is -1.01. The number of hydrogen-bond acceptors (Lipinski definition) is 5. The highest BCUT2D eigenvalue weighted by Gasteiger charge is 2.27. The molecule has 0 bridgehead atoms. The van der Waals surface area contributed by atoms with Crippen LogP contribution in [-0.2, 0) is 4.74 Å². The lowest BCUT2D eigenvalue weighted by Crippen LogP contribution is -2.25. The number of carbonyl (C=O) groups is 3. The summed E-state index contributed by atoms with van der Waals surface area (Å²) in [6, 6.07) is 6.71. The van der Waals surface area contributed by atoms with Crippen molar-refractivity contribution in [2.45, 2.75) is 40.7 Å². The molecule has 26 heavy (non-hydrogen) atoms. The van der Waals surface area contributed by atoms with Crippen LogP contribution < -0.4 is 4.74 Å². The third kappa shape index (κ3) is 3.85. The van der Waals surface area contributed by atoms with E-state index in [9.17, 15) is 14.4 Å². The van der Waals surface area contributed by atoms with E-state index < -0.39 is 12.1 Å². The van der Waals surface area contributed by atoms with E-state index in [1.165, 1.54) is 13.8 Å². The van der Waals surface area contributed by atoms with Gasteiger partial charge in [-0.3, -0.25) is 9.59 Å². The van der Waals surface area contributed by atoms with Crippen molar-refractivity contribution >= 4 is 17.5 Å². The molecule has 1 aromatic carbocycles. The highest BCUT2D eigenvalue weighted by atomic mass is 16.5. The Bertz CT molecular complexity index is 850. The number of Topliss-reactive ketones (excluding diaryl/α,β-unsaturated/α-hetero) is 2. The molecule has 0 radical (unpaired) electrons. The first-order valence-electron chi connectivity index (χ1n) is 8.45. The fourth-order valence-electron chi connectivity index (χ4n) is 2.92. The van der Waals surface area contributed by atoms with Gasteiger partial charge < -0.3 is 14.5 Å². The molecule has 1 aromatic heterocycles. The highest BCUT2D eigenvalue weighted by Crippen LogP contribution is 2.22. The van der Waals surface area contributed by atoms with Crippen LogP contribution in [0.1, 0.15) is 63.2 Å². The Labute approximate surface area is 152 Å². The molecule has 2 aromatic rings. The minimum atomic E-state index is -1.01. The Balaban J connectivity index is 2.21. The number of nitrogens with one attached hydrogen (secondary N) is 1. The molecular formula is C20H23NO5. The first-order valence-corrected chi connectivity index (χ1v) is 8.45. The number of benzene rings is 1. The lowest BCUT2D eigenvalue weighted by molar-refractivity contribution is 0.0313. The zero-order valence-corrected chi connectivity index (χ0v) is 15.6. The van der Waals surface area contributed by atoms with Crippen LogP contribution in [0.25, 0.3) is 0 Å². The van der Waals surface area contributed by atoms with E-state index in [4.69, 9.17) is 9.47 Å². The van der Waals surface area contributed by atoms with Crippen molar-refractivity contribution in [2.75, 3.05) is 6.61 Å². The predicted molar refractivity (Wildman–Crippen MR) is 97.1 cm³/mol. The van der Waals surface area contributed by atoms with Crippen LogP contribution in [0.2, 0.25) is 0 Å². The minimum Gasteiger partial charge on any atom is -0.493 e. The molecule has 0 aliphatic carbocycles. The molecular weight excluding hydrogens is 334 g/mol. The van der Waals surface area contributed by atoms with Crippen LogP contribution in [0.5, 0.6) is 5.75 Å². The molecule has 2 rings (SSSR count). The first kappa shape index (κ1) is 19.4. The summed E-state index contributed by atoms with van der Waals surface area (Å²) >= 11 is 0. The topological polar surface area (TPSA) is 85.5 Å². The van der Waals surface area contributed by atoms with Gasteiger partial charge in [-0.2, -0.15) is 0 Å². The largest absolute Gasteiger partial charge is 0.493 e. The first-order chi connectivity index (χ1) is 12.3. The van der Waals surface area contributed by atoms with E-state index in [1.54, 1.807) is 38.1 Å². The number of para-hydroxylation sites is 1. The standard InChI is InChI=1S/C20H23NO5/c1-6-25-16-10-8-7-9-15(16)20(24)26-14(5)19(23)18-11(2)17(13(4)22)12(3)21-18/h7-10,14,21H,6H2,1-5H3/t14-/m1/s1. The number of ketones is 2. The Kier molecular flexibility index (Phi) is 5.97. The fourth-order valence-corrected chi connectivity index (χ4v) is 2.92. The maximum Gasteiger partial charge on any atom is 0.342 e. The van der Waals surface area contributed by atoms with Crippen LogP contribution >= 0.6 is 0 Å². The van der Waals surface area contributed by atoms with E-state index in [0.717, 1.165) is 0 Å². The Hall–Kier alpha value is -2.89. The summed E-state index contributed by atoms with van der Waals surface area (Å²) in [7, 11) is 0. The van der Waals surface area contributed by atoms with Gasteiger partial charge >= 0.3 is 5.97 Å². The summed E-state index contributed by atoms with van der Waals surface area (Å²) in [4.78, 5) is 39.8. The summed E-state index contributed by atoms with van der Waals surface area (Å²) < 4.78 is 10.8. The molecule has 6 nitrogen and oxygen atoms in total. The fraction of sp³-hybridized carbons (Fsp3) is 0.350. The lowest BCUT2D eigenvalue weighted by Gasteiger charge is -2.14. The van der Waals surface area contributed by atoms with Gasteiger partial charge in [-0.25, -0.2) is 4.79 Å². The number of aromatic nitrogens is 1. The molecule has 1 atom stereocenters. The van der Waals surface area contributed by atoms with Gasteiger partial charge in [0.05, 0.1) is 12.3 Å². The van der Waals surface area contributed by atoms with Gasteiger partial charge in [0, 0.05) is 11.3 Å². The molecule has 0 fully saturated rings. The van der Waals surface area contributed by atoms with Gasteiger partial charge in [0.2, 0.25) is 5.78 Å². The van der Waals surface area contributed by atoms with Gasteiger partial charge in [-0.15, -0.1) is 0 Å². The van der Waals surface area contributed by atoms with Crippen LogP contribution in [0, 0.1) is 13.8 Å². The molecule has 0 saturated heterocycles. The smallest absolute Gasteiger partial charge is 0.342 e. The SMILES string of the molecule is CCOc1ccccc1C(=O)O[C@H](C)C(=O)c1[nH]c(C)c(C(C)=O)c1C. The average Bonchev–Trinajstić information content (AvgIpc) is 2.89. The van der Waals surface area contributed by atoms with E-state index in [1.807, 2.05) is 6.92 Å². The summed E-state index contributed by atoms with van der Waals surface area (Å²) in [5.74, 6) is -0.737. The van der Waals surface area contributed by atoms with Crippen LogP contribution in [-0.4, -0.2) is 35.2 Å². The number of H-pyrrole nitrogens is 1. The summed E-state index contributed by atoms with van der Waals surface area (Å²) in [6.45, 7) is 8.62. The lowest BCUT2D eigenvalue weighted by atomic mass is 10.0. The van der Waals surface area contributed by atoms with Gasteiger partial charge in [0.25, 0.3) is 0 Å². The maximum absolute atomic E-state index is 12.7. The Morgan fingerprint density at radius 2 is 1.81 bits per heavy atom. The monoisotopic (exact) mass is 357 g/mol. The maximum atomic E-state index is 12.7. The zero-order valence-electron chi connectivity index (χ0n) is 15.6. The van der Waals surface area contributed by atoms with Crippen molar-refractivity contribution in [3.63, 3.8) is 0 Å². The van der Waals surface area contributed by atoms with Crippen molar-refractivity contribution in [3.8, 4) is 5.75 Å². The number of rotatable bonds is 7. The molecule has 0 aliphatic rings. The van der Waals surface area contributed by atoms with Crippen molar-refractivity contribution < 1.29 is 23.9 Å². The van der Waals surface area contributed by atoms with Gasteiger partial charge in [-0.05, 0) is 52.3 Å². The van der Waals surface area contributed by atoms with Crippen molar-refractivity contribution in [1.29, 1.82) is 0 Å². The van der Waals surface area contributed by atoms with Crippen molar-refractivity contribution in [2.24, 2.45) is 0 Å². The van der Waals surface area contributed by atoms with Crippen molar-refractivity contribution in [1.82, 2.24) is 4.98 Å². The van der Waals surface area contributed by atoms with Crippen LogP contribution in [0.4, 0.5) is 0 Å². The molecule has 1 N–H and O–H groups in total. The van der Waals surface area contributed by atoms with Gasteiger partial charge in [-0.1, -0.05) is 12.1 Å². The van der Waals surface area contributed by atoms with E-state index in [-0.39, 0.29) is 22.8 Å². The van der Waals surface area contributed by atoms with E-state index in [2.05, 4.69) is 4.98 Å². The van der Waals surface area contributed by atoms with E-state index in [0.29, 0.717) is 29.2 Å². The van der Waals surface area contributed by atoms with Gasteiger partial charge in [0.1, 0.15) is 11.3 Å². The second-order valence-electron chi connectivity index (χ2n) is 6.02. The van der Waals surface area contributed by atoms with Crippen molar-refractivity contribution in [3.05, 3.63) is 52.3 Å². The Morgan fingerprint density at radius 3 is 2.38 bits per heavy atom. The van der Waals surface area contributed by atoms with E-state index >= 15 is 0 Å². The number of aromatic amines is 1. The molecule has 0 amide bonds. The molecule has 1 heterocycles. The number of ether oxygens (including phenoxy) is 2. The Morgan fingerprint density at radius 1 is 1.15 bits per heavy atom. The minimum absolute atomic E-state index is 0.120. The second-order valence-corrected chi connectivity index (χ2v) is 6.02. The molecule has 6 heteroatoms. The summed E-state index contributed by atoms with van der Waals surface area (Å²) in [5, 5.41) is 0. The highest BCUT2D eigenvalue weighted by molar-refractivity contribution is 6.05. The van der Waals surface area contributed by atoms with Crippen LogP contribution in [0.3, 0.4) is 0 Å². The second kappa shape index (κ2) is 7.99. The quantitative estimate of drug-likeness (QED) is 0.604. The number of aryl methyl sites for hydroxylation is 1. The zero-order chi connectivity index (χ0) is 19.4. The number of carbonyl (C=O) groups excluding carboxylic acids is 3. The number of hydrogen-bond donors (Lipinski definition) is 1. The molecule has 138 valence electrons. The molecule has 0 saturated carbocycles.